The zero-order valence-corrected chi connectivity index (χ0v) is 26.4. The average molecular weight is 639 g/mol. The fourth-order valence-corrected chi connectivity index (χ4v) is 5.63. The number of nitrogens with zero attached hydrogens (tertiary/aromatic N) is 2. The van der Waals surface area contributed by atoms with Crippen LogP contribution >= 0.6 is 11.3 Å². The summed E-state index contributed by atoms with van der Waals surface area (Å²) in [5.41, 5.74) is 1.29. The predicted molar refractivity (Wildman–Crippen MR) is 164 cm³/mol. The first-order valence-electron chi connectivity index (χ1n) is 14.3. The summed E-state index contributed by atoms with van der Waals surface area (Å²) < 4.78 is 33.9. The van der Waals surface area contributed by atoms with E-state index in [9.17, 15) is 19.2 Å². The van der Waals surface area contributed by atoms with Crippen molar-refractivity contribution >= 4 is 35.3 Å². The van der Waals surface area contributed by atoms with Crippen LogP contribution in [-0.2, 0) is 28.6 Å². The van der Waals surface area contributed by atoms with Gasteiger partial charge < -0.3 is 28.4 Å². The summed E-state index contributed by atoms with van der Waals surface area (Å²) in [7, 11) is 1.26. The number of carbonyl (C=O) groups is 3. The van der Waals surface area contributed by atoms with Gasteiger partial charge >= 0.3 is 17.9 Å². The summed E-state index contributed by atoms with van der Waals surface area (Å²) in [6.07, 6.45) is 1.65. The molecule has 1 aliphatic rings. The molecule has 0 aliphatic carbocycles. The van der Waals surface area contributed by atoms with Gasteiger partial charge in [0.2, 0.25) is 0 Å². The number of para-hydroxylation sites is 1. The van der Waals surface area contributed by atoms with Crippen LogP contribution in [0.4, 0.5) is 0 Å². The number of aromatic nitrogens is 1. The zero-order valence-electron chi connectivity index (χ0n) is 25.6. The number of rotatable bonds is 13. The van der Waals surface area contributed by atoms with Crippen molar-refractivity contribution in [2.75, 3.05) is 40.1 Å². The first kappa shape index (κ1) is 33.0. The minimum atomic E-state index is -0.911. The maximum absolute atomic E-state index is 14.1. The number of carbonyl (C=O) groups excluding carboxylic acids is 3. The molecule has 0 saturated heterocycles. The van der Waals surface area contributed by atoms with E-state index in [1.807, 2.05) is 0 Å². The standard InChI is InChI=1S/C32H34N2O10S/c1-6-40-24-15-21(13-14-23(24)44-17-26(35)39-5)29-28(31(38)42-8-3)19(4)33-32-34(29)30(37)25(45-32)16-20-11-9-10-12-22(20)43-18-27(36)41-7-2/h9-16,29H,6-8,17-18H2,1-5H3/b25-16+/t29-/m1/s1. The van der Waals surface area contributed by atoms with Gasteiger partial charge in [0, 0.05) is 5.56 Å². The molecule has 0 amide bonds. The zero-order chi connectivity index (χ0) is 32.5. The van der Waals surface area contributed by atoms with E-state index in [2.05, 4.69) is 9.73 Å². The van der Waals surface area contributed by atoms with E-state index < -0.39 is 29.5 Å². The van der Waals surface area contributed by atoms with Crippen molar-refractivity contribution in [1.29, 1.82) is 0 Å². The van der Waals surface area contributed by atoms with Crippen LogP contribution in [0.2, 0.25) is 0 Å². The van der Waals surface area contributed by atoms with Crippen LogP contribution in [0.5, 0.6) is 17.2 Å². The molecule has 238 valence electrons. The van der Waals surface area contributed by atoms with Gasteiger partial charge in [-0.05, 0) is 57.5 Å². The van der Waals surface area contributed by atoms with Crippen molar-refractivity contribution < 1.29 is 42.8 Å². The topological polar surface area (TPSA) is 141 Å². The largest absolute Gasteiger partial charge is 0.490 e. The van der Waals surface area contributed by atoms with Crippen LogP contribution in [0.15, 0.2) is 63.5 Å². The van der Waals surface area contributed by atoms with Crippen molar-refractivity contribution in [2.45, 2.75) is 33.7 Å². The maximum atomic E-state index is 14.1. The minimum absolute atomic E-state index is 0.125. The van der Waals surface area contributed by atoms with Crippen LogP contribution in [0.1, 0.15) is 44.9 Å². The van der Waals surface area contributed by atoms with Gasteiger partial charge in [-0.15, -0.1) is 0 Å². The maximum Gasteiger partial charge on any atom is 0.344 e. The lowest BCUT2D eigenvalue weighted by Crippen LogP contribution is -2.40. The molecule has 1 atom stereocenters. The van der Waals surface area contributed by atoms with Gasteiger partial charge in [-0.1, -0.05) is 35.6 Å². The molecule has 1 aromatic heterocycles. The highest BCUT2D eigenvalue weighted by atomic mass is 32.1. The van der Waals surface area contributed by atoms with Crippen molar-refractivity contribution in [3.63, 3.8) is 0 Å². The number of benzene rings is 2. The monoisotopic (exact) mass is 638 g/mol. The Labute approximate surface area is 263 Å². The normalized spacial score (nSPS) is 14.2. The molecule has 0 spiro atoms. The highest BCUT2D eigenvalue weighted by Gasteiger charge is 2.34. The van der Waals surface area contributed by atoms with E-state index in [-0.39, 0.29) is 44.4 Å². The minimum Gasteiger partial charge on any atom is -0.490 e. The molecule has 4 rings (SSSR count). The third-order valence-corrected chi connectivity index (χ3v) is 7.51. The number of ether oxygens (including phenoxy) is 6. The molecule has 12 nitrogen and oxygen atoms in total. The van der Waals surface area contributed by atoms with E-state index in [1.165, 1.54) is 11.7 Å². The number of esters is 3. The van der Waals surface area contributed by atoms with E-state index >= 15 is 0 Å². The highest BCUT2D eigenvalue weighted by Crippen LogP contribution is 2.36. The lowest BCUT2D eigenvalue weighted by molar-refractivity contribution is -0.145. The molecule has 1 aliphatic heterocycles. The lowest BCUT2D eigenvalue weighted by atomic mass is 9.95. The van der Waals surface area contributed by atoms with Crippen LogP contribution in [0, 0.1) is 0 Å². The first-order valence-corrected chi connectivity index (χ1v) is 15.1. The summed E-state index contributed by atoms with van der Waals surface area (Å²) in [6.45, 7) is 6.91. The Morgan fingerprint density at radius 3 is 2.31 bits per heavy atom. The Balaban J connectivity index is 1.85. The quantitative estimate of drug-likeness (QED) is 0.203. The Morgan fingerprint density at radius 2 is 1.60 bits per heavy atom. The molecule has 45 heavy (non-hydrogen) atoms. The van der Waals surface area contributed by atoms with Gasteiger partial charge in [0.25, 0.3) is 5.56 Å². The first-order chi connectivity index (χ1) is 21.7. The smallest absolute Gasteiger partial charge is 0.344 e. The second kappa shape index (κ2) is 15.2. The van der Waals surface area contributed by atoms with E-state index in [0.29, 0.717) is 37.7 Å². The second-order valence-electron chi connectivity index (χ2n) is 9.44. The van der Waals surface area contributed by atoms with Crippen molar-refractivity contribution in [2.24, 2.45) is 4.99 Å². The fraction of sp³-hybridized carbons (Fsp3) is 0.344. The van der Waals surface area contributed by atoms with Crippen molar-refractivity contribution in [1.82, 2.24) is 4.57 Å². The van der Waals surface area contributed by atoms with Gasteiger partial charge in [0.1, 0.15) is 5.75 Å². The van der Waals surface area contributed by atoms with Gasteiger partial charge in [0.05, 0.1) is 48.8 Å². The van der Waals surface area contributed by atoms with Gasteiger partial charge in [-0.3, -0.25) is 9.36 Å². The number of hydrogen-bond donors (Lipinski definition) is 0. The molecule has 2 heterocycles. The Bertz CT molecular complexity index is 1790. The predicted octanol–water partition coefficient (Wildman–Crippen LogP) is 2.69. The molecule has 2 aromatic carbocycles. The van der Waals surface area contributed by atoms with E-state index in [0.717, 1.165) is 11.3 Å². The number of allylic oxidation sites excluding steroid dienone is 1. The third-order valence-electron chi connectivity index (χ3n) is 6.53. The van der Waals surface area contributed by atoms with Crippen LogP contribution in [-0.4, -0.2) is 62.6 Å². The summed E-state index contributed by atoms with van der Waals surface area (Å²) in [6, 6.07) is 11.0. The molecule has 0 saturated carbocycles. The van der Waals surface area contributed by atoms with Crippen LogP contribution in [0.3, 0.4) is 0 Å². The molecule has 0 fully saturated rings. The van der Waals surface area contributed by atoms with Crippen LogP contribution in [0.25, 0.3) is 6.08 Å². The average Bonchev–Trinajstić information content (AvgIpc) is 3.33. The third kappa shape index (κ3) is 7.60. The lowest BCUT2D eigenvalue weighted by Gasteiger charge is -2.25. The second-order valence-corrected chi connectivity index (χ2v) is 10.4. The summed E-state index contributed by atoms with van der Waals surface area (Å²) in [5, 5.41) is 0. The molecular weight excluding hydrogens is 604 g/mol. The molecule has 0 N–H and O–H groups in total. The van der Waals surface area contributed by atoms with Crippen molar-refractivity contribution in [3.8, 4) is 17.2 Å². The van der Waals surface area contributed by atoms with Crippen molar-refractivity contribution in [3.05, 3.63) is 84.5 Å². The summed E-state index contributed by atoms with van der Waals surface area (Å²) in [4.78, 5) is 55.9. The van der Waals surface area contributed by atoms with E-state index in [4.69, 9.17) is 23.7 Å². The van der Waals surface area contributed by atoms with Crippen LogP contribution < -0.4 is 29.1 Å². The number of thiazole rings is 1. The van der Waals surface area contributed by atoms with Gasteiger partial charge in [-0.2, -0.15) is 0 Å². The Morgan fingerprint density at radius 1 is 0.889 bits per heavy atom. The number of methoxy groups -OCH3 is 1. The number of fused-ring (bicyclic) bond motifs is 1. The molecule has 0 radical (unpaired) electrons. The summed E-state index contributed by atoms with van der Waals surface area (Å²) in [5.74, 6) is -0.700. The number of hydrogen-bond acceptors (Lipinski definition) is 12. The Hall–Kier alpha value is -4.91. The fourth-order valence-electron chi connectivity index (χ4n) is 4.60. The molecule has 13 heteroatoms. The molecule has 0 bridgehead atoms. The summed E-state index contributed by atoms with van der Waals surface area (Å²) >= 11 is 1.15. The highest BCUT2D eigenvalue weighted by molar-refractivity contribution is 7.07. The van der Waals surface area contributed by atoms with E-state index in [1.54, 1.807) is 76.2 Å². The SMILES string of the molecule is CCOC(=O)COc1ccccc1/C=c1/sc2n(c1=O)[C@H](c1ccc(OCC(=O)OC)c(OCC)c1)C(C(=O)OCC)=C(C)N=2. The molecule has 0 unspecified atom stereocenters. The van der Waals surface area contributed by atoms with Gasteiger partial charge in [-0.25, -0.2) is 19.4 Å². The Kier molecular flexibility index (Phi) is 11.1. The molecular formula is C32H34N2O10S. The van der Waals surface area contributed by atoms with Gasteiger partial charge in [0.15, 0.2) is 29.5 Å². The molecule has 3 aromatic rings.